The van der Waals surface area contributed by atoms with Crippen molar-refractivity contribution >= 4 is 29.2 Å². The van der Waals surface area contributed by atoms with Gasteiger partial charge in [-0.3, -0.25) is 9.89 Å². The number of carbonyl (C=O) groups excluding carboxylic acids is 2. The Labute approximate surface area is 161 Å². The number of aromatic amines is 1. The summed E-state index contributed by atoms with van der Waals surface area (Å²) < 4.78 is 5.06. The number of rotatable bonds is 5. The van der Waals surface area contributed by atoms with Crippen LogP contribution in [-0.4, -0.2) is 28.7 Å². The molecular weight excluding hydrogens is 366 g/mol. The number of aryl methyl sites for hydroxylation is 1. The van der Waals surface area contributed by atoms with Crippen LogP contribution >= 0.6 is 11.6 Å². The van der Waals surface area contributed by atoms with Gasteiger partial charge in [-0.2, -0.15) is 5.10 Å². The van der Waals surface area contributed by atoms with Crippen molar-refractivity contribution in [1.29, 1.82) is 0 Å². The number of carbonyl (C=O) groups is 2. The fourth-order valence-corrected chi connectivity index (χ4v) is 2.73. The number of benzene rings is 2. The van der Waals surface area contributed by atoms with Crippen molar-refractivity contribution in [2.24, 2.45) is 0 Å². The van der Waals surface area contributed by atoms with Crippen molar-refractivity contribution in [3.63, 3.8) is 0 Å². The van der Waals surface area contributed by atoms with Crippen molar-refractivity contribution in [3.8, 4) is 11.3 Å². The number of amides is 1. The van der Waals surface area contributed by atoms with Gasteiger partial charge in [-0.05, 0) is 38.1 Å². The van der Waals surface area contributed by atoms with Crippen LogP contribution in [0.3, 0.4) is 0 Å². The van der Waals surface area contributed by atoms with Crippen LogP contribution in [0.15, 0.2) is 48.5 Å². The second kappa shape index (κ2) is 8.05. The van der Waals surface area contributed by atoms with E-state index in [1.165, 1.54) is 0 Å². The Hall–Kier alpha value is -3.12. The first-order chi connectivity index (χ1) is 13.0. The first kappa shape index (κ1) is 18.7. The SMILES string of the molecule is CCOC(=O)c1[nH]nc(-c2ccc(Cl)cc2)c1NC(=O)c1cccc(C)c1. The van der Waals surface area contributed by atoms with E-state index in [2.05, 4.69) is 15.5 Å². The van der Waals surface area contributed by atoms with Gasteiger partial charge in [0.2, 0.25) is 0 Å². The van der Waals surface area contributed by atoms with Crippen LogP contribution in [0.4, 0.5) is 5.69 Å². The number of H-pyrrole nitrogens is 1. The van der Waals surface area contributed by atoms with Crippen molar-refractivity contribution in [3.05, 3.63) is 70.4 Å². The lowest BCUT2D eigenvalue weighted by Crippen LogP contribution is -2.16. The summed E-state index contributed by atoms with van der Waals surface area (Å²) in [5, 5.41) is 10.2. The van der Waals surface area contributed by atoms with Crippen molar-refractivity contribution < 1.29 is 14.3 Å². The fraction of sp³-hybridized carbons (Fsp3) is 0.150. The van der Waals surface area contributed by atoms with Gasteiger partial charge < -0.3 is 10.1 Å². The third-order valence-corrected chi connectivity index (χ3v) is 4.13. The first-order valence-electron chi connectivity index (χ1n) is 8.39. The highest BCUT2D eigenvalue weighted by Gasteiger charge is 2.23. The summed E-state index contributed by atoms with van der Waals surface area (Å²) in [6, 6.07) is 14.1. The number of esters is 1. The lowest BCUT2D eigenvalue weighted by Gasteiger charge is -2.09. The van der Waals surface area contributed by atoms with Crippen molar-refractivity contribution in [2.45, 2.75) is 13.8 Å². The van der Waals surface area contributed by atoms with E-state index in [0.29, 0.717) is 21.8 Å². The number of ether oxygens (including phenoxy) is 1. The normalized spacial score (nSPS) is 10.5. The van der Waals surface area contributed by atoms with Crippen LogP contribution in [0.25, 0.3) is 11.3 Å². The number of anilines is 1. The molecule has 2 aromatic carbocycles. The van der Waals surface area contributed by atoms with E-state index in [1.807, 2.05) is 13.0 Å². The fourth-order valence-electron chi connectivity index (χ4n) is 2.60. The van der Waals surface area contributed by atoms with Crippen LogP contribution in [0.2, 0.25) is 5.02 Å². The number of halogens is 1. The summed E-state index contributed by atoms with van der Waals surface area (Å²) >= 11 is 5.94. The summed E-state index contributed by atoms with van der Waals surface area (Å²) in [5.41, 5.74) is 2.91. The van der Waals surface area contributed by atoms with E-state index in [4.69, 9.17) is 16.3 Å². The van der Waals surface area contributed by atoms with E-state index in [9.17, 15) is 9.59 Å². The molecule has 27 heavy (non-hydrogen) atoms. The summed E-state index contributed by atoms with van der Waals surface area (Å²) in [6.45, 7) is 3.82. The maximum Gasteiger partial charge on any atom is 0.358 e. The largest absolute Gasteiger partial charge is 0.461 e. The van der Waals surface area contributed by atoms with E-state index >= 15 is 0 Å². The molecule has 0 aliphatic carbocycles. The van der Waals surface area contributed by atoms with Gasteiger partial charge in [0.1, 0.15) is 11.4 Å². The zero-order chi connectivity index (χ0) is 19.4. The minimum Gasteiger partial charge on any atom is -0.461 e. The Balaban J connectivity index is 2.02. The predicted molar refractivity (Wildman–Crippen MR) is 104 cm³/mol. The van der Waals surface area contributed by atoms with E-state index in [-0.39, 0.29) is 23.9 Å². The van der Waals surface area contributed by atoms with Gasteiger partial charge in [-0.1, -0.05) is 41.4 Å². The van der Waals surface area contributed by atoms with Gasteiger partial charge in [0, 0.05) is 16.1 Å². The Morgan fingerprint density at radius 3 is 2.59 bits per heavy atom. The molecule has 0 aliphatic rings. The van der Waals surface area contributed by atoms with Gasteiger partial charge in [-0.15, -0.1) is 0 Å². The van der Waals surface area contributed by atoms with Crippen LogP contribution in [-0.2, 0) is 4.74 Å². The molecule has 0 atom stereocenters. The lowest BCUT2D eigenvalue weighted by atomic mass is 10.1. The van der Waals surface area contributed by atoms with Gasteiger partial charge in [0.25, 0.3) is 5.91 Å². The number of nitrogens with one attached hydrogen (secondary N) is 2. The quantitative estimate of drug-likeness (QED) is 0.637. The third kappa shape index (κ3) is 4.17. The molecule has 6 nitrogen and oxygen atoms in total. The van der Waals surface area contributed by atoms with Crippen LogP contribution in [0, 0.1) is 6.92 Å². The van der Waals surface area contributed by atoms with Gasteiger partial charge in [0.15, 0.2) is 5.69 Å². The molecule has 0 saturated heterocycles. The molecule has 3 aromatic rings. The number of hydrogen-bond donors (Lipinski definition) is 2. The Bertz CT molecular complexity index is 980. The molecule has 7 heteroatoms. The maximum atomic E-state index is 12.7. The highest BCUT2D eigenvalue weighted by molar-refractivity contribution is 6.30. The topological polar surface area (TPSA) is 84.1 Å². The smallest absolute Gasteiger partial charge is 0.358 e. The Morgan fingerprint density at radius 2 is 1.93 bits per heavy atom. The molecule has 1 amide bonds. The van der Waals surface area contributed by atoms with Crippen LogP contribution in [0.5, 0.6) is 0 Å². The van der Waals surface area contributed by atoms with Crippen molar-refractivity contribution in [1.82, 2.24) is 10.2 Å². The first-order valence-corrected chi connectivity index (χ1v) is 8.77. The molecule has 0 fully saturated rings. The predicted octanol–water partition coefficient (Wildman–Crippen LogP) is 4.47. The molecule has 0 spiro atoms. The number of aromatic nitrogens is 2. The monoisotopic (exact) mass is 383 g/mol. The van der Waals surface area contributed by atoms with Crippen molar-refractivity contribution in [2.75, 3.05) is 11.9 Å². The summed E-state index contributed by atoms with van der Waals surface area (Å²) in [6.07, 6.45) is 0. The molecule has 0 aliphatic heterocycles. The molecule has 1 heterocycles. The van der Waals surface area contributed by atoms with Gasteiger partial charge in [0.05, 0.1) is 6.61 Å². The van der Waals surface area contributed by atoms with Gasteiger partial charge in [-0.25, -0.2) is 4.79 Å². The summed E-state index contributed by atoms with van der Waals surface area (Å²) in [7, 11) is 0. The molecule has 0 radical (unpaired) electrons. The van der Waals surface area contributed by atoms with E-state index < -0.39 is 5.97 Å². The molecule has 2 N–H and O–H groups in total. The Morgan fingerprint density at radius 1 is 1.19 bits per heavy atom. The minimum absolute atomic E-state index is 0.0859. The lowest BCUT2D eigenvalue weighted by molar-refractivity contribution is 0.0520. The van der Waals surface area contributed by atoms with Crippen LogP contribution < -0.4 is 5.32 Å². The molecule has 3 rings (SSSR count). The number of hydrogen-bond acceptors (Lipinski definition) is 4. The maximum absolute atomic E-state index is 12.7. The minimum atomic E-state index is -0.593. The van der Waals surface area contributed by atoms with E-state index in [1.54, 1.807) is 49.4 Å². The molecule has 0 saturated carbocycles. The molecule has 0 unspecified atom stereocenters. The van der Waals surface area contributed by atoms with Gasteiger partial charge >= 0.3 is 5.97 Å². The van der Waals surface area contributed by atoms with Crippen LogP contribution in [0.1, 0.15) is 33.3 Å². The zero-order valence-electron chi connectivity index (χ0n) is 14.9. The Kier molecular flexibility index (Phi) is 5.57. The molecular formula is C20H18ClN3O3. The van der Waals surface area contributed by atoms with E-state index in [0.717, 1.165) is 5.56 Å². The standard InChI is InChI=1S/C20H18ClN3O3/c1-3-27-20(26)18-17(22-19(25)14-6-4-5-12(2)11-14)16(23-24-18)13-7-9-15(21)10-8-13/h4-11H,3H2,1-2H3,(H,22,25)(H,23,24). The number of nitrogens with zero attached hydrogens (tertiary/aromatic N) is 1. The average molecular weight is 384 g/mol. The highest BCUT2D eigenvalue weighted by atomic mass is 35.5. The zero-order valence-corrected chi connectivity index (χ0v) is 15.6. The molecule has 0 bridgehead atoms. The molecule has 138 valence electrons. The average Bonchev–Trinajstić information content (AvgIpc) is 3.06. The second-order valence-electron chi connectivity index (χ2n) is 5.87. The second-order valence-corrected chi connectivity index (χ2v) is 6.31. The summed E-state index contributed by atoms with van der Waals surface area (Å²) in [5.74, 6) is -0.939. The molecule has 1 aromatic heterocycles. The summed E-state index contributed by atoms with van der Waals surface area (Å²) in [4.78, 5) is 25.0. The highest BCUT2D eigenvalue weighted by Crippen LogP contribution is 2.30. The third-order valence-electron chi connectivity index (χ3n) is 3.88.